The normalized spacial score (nSPS) is 12.5. The molecule has 1 aromatic carbocycles. The summed E-state index contributed by atoms with van der Waals surface area (Å²) in [5, 5.41) is 3.48. The zero-order chi connectivity index (χ0) is 14.1. The molecule has 3 nitrogen and oxygen atoms in total. The van der Waals surface area contributed by atoms with Gasteiger partial charge in [0.05, 0.1) is 7.11 Å². The van der Waals surface area contributed by atoms with E-state index in [1.807, 2.05) is 24.3 Å². The first-order valence-corrected chi connectivity index (χ1v) is 7.27. The van der Waals surface area contributed by atoms with Crippen LogP contribution < -0.4 is 14.8 Å². The van der Waals surface area contributed by atoms with Crippen LogP contribution in [0.5, 0.6) is 11.5 Å². The largest absolute Gasteiger partial charge is 0.493 e. The van der Waals surface area contributed by atoms with Crippen molar-refractivity contribution in [1.82, 2.24) is 5.32 Å². The molecular formula is C15H24ClNO2. The monoisotopic (exact) mass is 285 g/mol. The lowest BCUT2D eigenvalue weighted by atomic mass is 10.0. The molecule has 0 aromatic heterocycles. The summed E-state index contributed by atoms with van der Waals surface area (Å²) in [5.41, 5.74) is 0. The zero-order valence-electron chi connectivity index (χ0n) is 12.0. The van der Waals surface area contributed by atoms with E-state index in [0.717, 1.165) is 24.5 Å². The summed E-state index contributed by atoms with van der Waals surface area (Å²) >= 11 is 5.80. The molecule has 0 radical (unpaired) electrons. The Morgan fingerprint density at radius 3 is 2.47 bits per heavy atom. The third kappa shape index (κ3) is 5.70. The maximum absolute atomic E-state index is 5.80. The van der Waals surface area contributed by atoms with E-state index in [9.17, 15) is 0 Å². The Morgan fingerprint density at radius 1 is 1.21 bits per heavy atom. The van der Waals surface area contributed by atoms with Gasteiger partial charge in [-0.15, -0.1) is 11.6 Å². The molecule has 1 unspecified atom stereocenters. The first-order valence-electron chi connectivity index (χ1n) is 6.74. The van der Waals surface area contributed by atoms with Gasteiger partial charge >= 0.3 is 0 Å². The lowest BCUT2D eigenvalue weighted by Gasteiger charge is -2.21. The molecule has 0 saturated heterocycles. The van der Waals surface area contributed by atoms with Crippen LogP contribution in [-0.2, 0) is 0 Å². The maximum Gasteiger partial charge on any atom is 0.161 e. The van der Waals surface area contributed by atoms with Crippen LogP contribution >= 0.6 is 11.6 Å². The van der Waals surface area contributed by atoms with Gasteiger partial charge in [0.25, 0.3) is 0 Å². The minimum atomic E-state index is 0.443. The lowest BCUT2D eigenvalue weighted by Crippen LogP contribution is -2.36. The van der Waals surface area contributed by atoms with Gasteiger partial charge in [-0.2, -0.15) is 0 Å². The Hall–Kier alpha value is -0.930. The molecule has 1 N–H and O–H groups in total. The first-order chi connectivity index (χ1) is 9.19. The number of rotatable bonds is 9. The van der Waals surface area contributed by atoms with Crippen molar-refractivity contribution in [3.05, 3.63) is 24.3 Å². The molecule has 0 amide bonds. The fourth-order valence-corrected chi connectivity index (χ4v) is 2.17. The van der Waals surface area contributed by atoms with Gasteiger partial charge in [-0.3, -0.25) is 0 Å². The second kappa shape index (κ2) is 9.05. The standard InChI is InChI=1S/C15H24ClNO2/c1-12(2)13(8-9-16)17-10-11-19-15-7-5-4-6-14(15)18-3/h4-7,12-13,17H,8-11H2,1-3H3. The number of nitrogens with one attached hydrogen (secondary N) is 1. The van der Waals surface area contributed by atoms with Crippen molar-refractivity contribution >= 4 is 11.6 Å². The second-order valence-electron chi connectivity index (χ2n) is 4.78. The molecule has 0 heterocycles. The fourth-order valence-electron chi connectivity index (χ4n) is 1.93. The Labute approximate surface area is 121 Å². The zero-order valence-corrected chi connectivity index (χ0v) is 12.7. The van der Waals surface area contributed by atoms with E-state index < -0.39 is 0 Å². The van der Waals surface area contributed by atoms with E-state index in [4.69, 9.17) is 21.1 Å². The van der Waals surface area contributed by atoms with Crippen molar-refractivity contribution in [3.8, 4) is 11.5 Å². The summed E-state index contributed by atoms with van der Waals surface area (Å²) in [5.74, 6) is 2.81. The van der Waals surface area contributed by atoms with Crippen molar-refractivity contribution in [1.29, 1.82) is 0 Å². The summed E-state index contributed by atoms with van der Waals surface area (Å²) in [6.07, 6.45) is 0.980. The molecule has 1 atom stereocenters. The first kappa shape index (κ1) is 16.1. The Kier molecular flexibility index (Phi) is 7.68. The van der Waals surface area contributed by atoms with Crippen molar-refractivity contribution < 1.29 is 9.47 Å². The number of alkyl halides is 1. The van der Waals surface area contributed by atoms with Crippen molar-refractivity contribution in [3.63, 3.8) is 0 Å². The van der Waals surface area contributed by atoms with Crippen LogP contribution in [0.15, 0.2) is 24.3 Å². The summed E-state index contributed by atoms with van der Waals surface area (Å²) in [4.78, 5) is 0. The highest BCUT2D eigenvalue weighted by Gasteiger charge is 2.11. The molecule has 0 bridgehead atoms. The van der Waals surface area contributed by atoms with Crippen LogP contribution in [-0.4, -0.2) is 32.2 Å². The number of halogens is 1. The van der Waals surface area contributed by atoms with Gasteiger partial charge in [0.15, 0.2) is 11.5 Å². The highest BCUT2D eigenvalue weighted by Crippen LogP contribution is 2.25. The number of hydrogen-bond donors (Lipinski definition) is 1. The van der Waals surface area contributed by atoms with E-state index in [1.165, 1.54) is 0 Å². The molecule has 0 aliphatic rings. The summed E-state index contributed by atoms with van der Waals surface area (Å²) in [6, 6.07) is 8.12. The molecule has 0 aliphatic heterocycles. The molecule has 0 fully saturated rings. The Bertz CT molecular complexity index is 358. The predicted octanol–water partition coefficient (Wildman–Crippen LogP) is 3.32. The number of methoxy groups -OCH3 is 1. The smallest absolute Gasteiger partial charge is 0.161 e. The van der Waals surface area contributed by atoms with Crippen LogP contribution in [0, 0.1) is 5.92 Å². The number of para-hydroxylation sites is 2. The van der Waals surface area contributed by atoms with Crippen molar-refractivity contribution in [2.24, 2.45) is 5.92 Å². The molecule has 0 aliphatic carbocycles. The maximum atomic E-state index is 5.80. The summed E-state index contributed by atoms with van der Waals surface area (Å²) in [7, 11) is 1.65. The molecule has 1 rings (SSSR count). The summed E-state index contributed by atoms with van der Waals surface area (Å²) in [6.45, 7) is 5.82. The van der Waals surface area contributed by atoms with Gasteiger partial charge in [0, 0.05) is 18.5 Å². The average molecular weight is 286 g/mol. The topological polar surface area (TPSA) is 30.5 Å². The van der Waals surface area contributed by atoms with E-state index in [2.05, 4.69) is 19.2 Å². The van der Waals surface area contributed by atoms with E-state index in [-0.39, 0.29) is 0 Å². The highest BCUT2D eigenvalue weighted by molar-refractivity contribution is 6.17. The SMILES string of the molecule is COc1ccccc1OCCNC(CCCl)C(C)C. The van der Waals surface area contributed by atoms with Gasteiger partial charge < -0.3 is 14.8 Å². The van der Waals surface area contributed by atoms with Gasteiger partial charge in [-0.05, 0) is 24.5 Å². The van der Waals surface area contributed by atoms with Crippen molar-refractivity contribution in [2.45, 2.75) is 26.3 Å². The quantitative estimate of drug-likeness (QED) is 0.558. The molecule has 0 spiro atoms. The van der Waals surface area contributed by atoms with Gasteiger partial charge in [-0.1, -0.05) is 26.0 Å². The fraction of sp³-hybridized carbons (Fsp3) is 0.600. The van der Waals surface area contributed by atoms with Crippen molar-refractivity contribution in [2.75, 3.05) is 26.1 Å². The van der Waals surface area contributed by atoms with Crippen LogP contribution in [0.1, 0.15) is 20.3 Å². The van der Waals surface area contributed by atoms with E-state index in [0.29, 0.717) is 24.4 Å². The molecule has 108 valence electrons. The predicted molar refractivity (Wildman–Crippen MR) is 80.5 cm³/mol. The van der Waals surface area contributed by atoms with Crippen LogP contribution in [0.2, 0.25) is 0 Å². The molecule has 1 aromatic rings. The molecule has 4 heteroatoms. The Balaban J connectivity index is 2.33. The van der Waals surface area contributed by atoms with Crippen LogP contribution in [0.4, 0.5) is 0 Å². The van der Waals surface area contributed by atoms with Crippen LogP contribution in [0.3, 0.4) is 0 Å². The Morgan fingerprint density at radius 2 is 1.89 bits per heavy atom. The van der Waals surface area contributed by atoms with E-state index in [1.54, 1.807) is 7.11 Å². The van der Waals surface area contributed by atoms with Gasteiger partial charge in [0.2, 0.25) is 0 Å². The number of hydrogen-bond acceptors (Lipinski definition) is 3. The van der Waals surface area contributed by atoms with E-state index >= 15 is 0 Å². The third-order valence-electron chi connectivity index (χ3n) is 3.06. The van der Waals surface area contributed by atoms with Gasteiger partial charge in [0.1, 0.15) is 6.61 Å². The third-order valence-corrected chi connectivity index (χ3v) is 3.28. The highest BCUT2D eigenvalue weighted by atomic mass is 35.5. The molecule has 0 saturated carbocycles. The minimum absolute atomic E-state index is 0.443. The number of benzene rings is 1. The van der Waals surface area contributed by atoms with Crippen LogP contribution in [0.25, 0.3) is 0 Å². The minimum Gasteiger partial charge on any atom is -0.493 e. The lowest BCUT2D eigenvalue weighted by molar-refractivity contribution is 0.276. The molecular weight excluding hydrogens is 262 g/mol. The second-order valence-corrected chi connectivity index (χ2v) is 5.16. The average Bonchev–Trinajstić information content (AvgIpc) is 2.42. The summed E-state index contributed by atoms with van der Waals surface area (Å²) < 4.78 is 11.0. The van der Waals surface area contributed by atoms with Gasteiger partial charge in [-0.25, -0.2) is 0 Å². The number of ether oxygens (including phenoxy) is 2. The molecule has 19 heavy (non-hydrogen) atoms.